The molecule has 0 radical (unpaired) electrons. The summed E-state index contributed by atoms with van der Waals surface area (Å²) in [7, 11) is -7.87. The Kier molecular flexibility index (Phi) is 10.8. The van der Waals surface area contributed by atoms with Crippen LogP contribution in [-0.4, -0.2) is 44.1 Å². The molecule has 1 aromatic carbocycles. The molecule has 1 atom stereocenters. The minimum absolute atomic E-state index is 0.188. The van der Waals surface area contributed by atoms with E-state index in [-0.39, 0.29) is 19.6 Å². The Hall–Kier alpha value is -1.05. The summed E-state index contributed by atoms with van der Waals surface area (Å²) in [5.74, 6) is -1.49. The zero-order chi connectivity index (χ0) is 22.2. The van der Waals surface area contributed by atoms with Gasteiger partial charge in [-0.1, -0.05) is 24.3 Å². The molecule has 162 valence electrons. The van der Waals surface area contributed by atoms with Crippen LogP contribution < -0.4 is 0 Å². The second kappa shape index (κ2) is 11.2. The van der Waals surface area contributed by atoms with Crippen LogP contribution in [0.5, 0.6) is 0 Å². The van der Waals surface area contributed by atoms with Gasteiger partial charge in [0.1, 0.15) is 0 Å². The second-order valence-corrected chi connectivity index (χ2v) is 10.4. The van der Waals surface area contributed by atoms with E-state index in [2.05, 4.69) is 9.05 Å². The van der Waals surface area contributed by atoms with Crippen molar-refractivity contribution in [1.29, 1.82) is 0 Å². The van der Waals surface area contributed by atoms with Crippen LogP contribution >= 0.6 is 15.4 Å². The molecular formula is C17H30O9P2. The summed E-state index contributed by atoms with van der Waals surface area (Å²) in [5, 5.41) is 7.76. The van der Waals surface area contributed by atoms with E-state index in [1.54, 1.807) is 45.0 Å². The quantitative estimate of drug-likeness (QED) is 0.423. The number of benzene rings is 1. The molecule has 0 aliphatic carbocycles. The molecule has 0 aliphatic rings. The zero-order valence-corrected chi connectivity index (χ0v) is 18.5. The van der Waals surface area contributed by atoms with Gasteiger partial charge in [-0.25, -0.2) is 4.57 Å². The number of carboxylic acids is 1. The number of phosphoric acid groups is 1. The lowest BCUT2D eigenvalue weighted by atomic mass is 9.96. The molecule has 0 aliphatic heterocycles. The third-order valence-electron chi connectivity index (χ3n) is 3.86. The number of rotatable bonds is 9. The predicted molar refractivity (Wildman–Crippen MR) is 105 cm³/mol. The lowest BCUT2D eigenvalue weighted by Gasteiger charge is -2.25. The van der Waals surface area contributed by atoms with Crippen molar-refractivity contribution in [3.05, 3.63) is 35.4 Å². The molecule has 0 spiro atoms. The first-order valence-electron chi connectivity index (χ1n) is 8.66. The van der Waals surface area contributed by atoms with Crippen LogP contribution in [0.2, 0.25) is 0 Å². The average Bonchev–Trinajstić information content (AvgIpc) is 2.53. The van der Waals surface area contributed by atoms with Crippen LogP contribution in [-0.2, 0) is 29.4 Å². The zero-order valence-electron chi connectivity index (χ0n) is 16.7. The molecule has 0 amide bonds. The first kappa shape index (κ1) is 27.0. The average molecular weight is 440 g/mol. The van der Waals surface area contributed by atoms with Gasteiger partial charge in [0.05, 0.1) is 24.3 Å². The van der Waals surface area contributed by atoms with E-state index in [0.29, 0.717) is 5.56 Å². The van der Waals surface area contributed by atoms with Crippen molar-refractivity contribution in [2.45, 2.75) is 52.1 Å². The molecule has 1 aromatic rings. The minimum Gasteiger partial charge on any atom is -0.481 e. The van der Waals surface area contributed by atoms with Crippen LogP contribution in [0.25, 0.3) is 0 Å². The maximum atomic E-state index is 11.3. The Morgan fingerprint density at radius 1 is 1.04 bits per heavy atom. The van der Waals surface area contributed by atoms with Crippen molar-refractivity contribution in [3.63, 3.8) is 0 Å². The monoisotopic (exact) mass is 440 g/mol. The molecular weight excluding hydrogens is 410 g/mol. The van der Waals surface area contributed by atoms with E-state index in [0.717, 1.165) is 5.56 Å². The predicted octanol–water partition coefficient (Wildman–Crippen LogP) is 3.53. The van der Waals surface area contributed by atoms with Crippen LogP contribution in [0, 0.1) is 0 Å². The molecule has 4 N–H and O–H groups in total. The Morgan fingerprint density at radius 2 is 1.46 bits per heavy atom. The summed E-state index contributed by atoms with van der Waals surface area (Å²) in [4.78, 5) is 38.0. The SMILES string of the molecule is CC(C(=O)O)c1ccc(CC(C)(C)P(=O)(O)O)cc1.CCOP(=O)(O)OCC. The fourth-order valence-electron chi connectivity index (χ4n) is 2.03. The molecule has 0 aromatic heterocycles. The topological polar surface area (TPSA) is 151 Å². The number of aliphatic carboxylic acids is 1. The number of phosphoric ester groups is 1. The molecule has 11 heteroatoms. The molecule has 1 rings (SSSR count). The van der Waals surface area contributed by atoms with Gasteiger partial charge in [0.15, 0.2) is 0 Å². The van der Waals surface area contributed by atoms with Crippen molar-refractivity contribution in [3.8, 4) is 0 Å². The number of hydrogen-bond acceptors (Lipinski definition) is 5. The molecule has 9 nitrogen and oxygen atoms in total. The third kappa shape index (κ3) is 9.43. The summed E-state index contributed by atoms with van der Waals surface area (Å²) in [5.41, 5.74) is 1.44. The van der Waals surface area contributed by atoms with E-state index in [1.807, 2.05) is 0 Å². The number of carboxylic acid groups (broad SMARTS) is 1. The lowest BCUT2D eigenvalue weighted by molar-refractivity contribution is -0.138. The fraction of sp³-hybridized carbons (Fsp3) is 0.588. The Morgan fingerprint density at radius 3 is 1.79 bits per heavy atom. The normalized spacial score (nSPS) is 13.4. The highest BCUT2D eigenvalue weighted by atomic mass is 31.2. The maximum absolute atomic E-state index is 11.3. The summed E-state index contributed by atoms with van der Waals surface area (Å²) < 4.78 is 30.6. The van der Waals surface area contributed by atoms with E-state index in [1.165, 1.54) is 13.8 Å². The second-order valence-electron chi connectivity index (χ2n) is 6.64. The van der Waals surface area contributed by atoms with E-state index < -0.39 is 32.5 Å². The van der Waals surface area contributed by atoms with Gasteiger partial charge < -0.3 is 19.8 Å². The van der Waals surface area contributed by atoms with Crippen molar-refractivity contribution < 1.29 is 42.8 Å². The summed E-state index contributed by atoms with van der Waals surface area (Å²) in [6.07, 6.45) is 0.235. The van der Waals surface area contributed by atoms with Crippen molar-refractivity contribution in [2.24, 2.45) is 0 Å². The van der Waals surface area contributed by atoms with E-state index >= 15 is 0 Å². The summed E-state index contributed by atoms with van der Waals surface area (Å²) in [6, 6.07) is 6.80. The Balaban J connectivity index is 0.000000684. The van der Waals surface area contributed by atoms with Crippen molar-refractivity contribution in [2.75, 3.05) is 13.2 Å². The summed E-state index contributed by atoms with van der Waals surface area (Å²) in [6.45, 7) is 8.26. The lowest BCUT2D eigenvalue weighted by Crippen LogP contribution is -2.23. The highest BCUT2D eigenvalue weighted by molar-refractivity contribution is 7.53. The van der Waals surface area contributed by atoms with E-state index in [4.69, 9.17) is 10.00 Å². The first-order chi connectivity index (χ1) is 12.7. The van der Waals surface area contributed by atoms with Crippen LogP contribution in [0.3, 0.4) is 0 Å². The van der Waals surface area contributed by atoms with Gasteiger partial charge in [-0.2, -0.15) is 0 Å². The maximum Gasteiger partial charge on any atom is 0.472 e. The number of carbonyl (C=O) groups is 1. The molecule has 1 unspecified atom stereocenters. The standard InChI is InChI=1S/C13H19O5P.C4H11O4P/c1-9(12(14)15)11-6-4-10(5-7-11)8-13(2,3)19(16,17)18;1-3-7-9(5,6)8-4-2/h4-7,9H,8H2,1-3H3,(H,14,15)(H2,16,17,18);3-4H2,1-2H3,(H,5,6). The van der Waals surface area contributed by atoms with Gasteiger partial charge >= 0.3 is 21.4 Å². The fourth-order valence-corrected chi connectivity index (χ4v) is 3.15. The molecule has 28 heavy (non-hydrogen) atoms. The molecule has 0 heterocycles. The molecule has 0 saturated carbocycles. The van der Waals surface area contributed by atoms with Gasteiger partial charge in [0.25, 0.3) is 0 Å². The number of hydrogen-bond donors (Lipinski definition) is 4. The van der Waals surface area contributed by atoms with Gasteiger partial charge in [-0.15, -0.1) is 0 Å². The van der Waals surface area contributed by atoms with Crippen LogP contribution in [0.15, 0.2) is 24.3 Å². The summed E-state index contributed by atoms with van der Waals surface area (Å²) >= 11 is 0. The highest BCUT2D eigenvalue weighted by Gasteiger charge is 2.37. The van der Waals surface area contributed by atoms with Gasteiger partial charge in [-0.05, 0) is 52.2 Å². The third-order valence-corrected chi connectivity index (χ3v) is 6.76. The largest absolute Gasteiger partial charge is 0.481 e. The van der Waals surface area contributed by atoms with Gasteiger partial charge in [0.2, 0.25) is 0 Å². The molecule has 0 bridgehead atoms. The van der Waals surface area contributed by atoms with E-state index in [9.17, 15) is 23.7 Å². The molecule has 0 saturated heterocycles. The smallest absolute Gasteiger partial charge is 0.472 e. The van der Waals surface area contributed by atoms with Crippen molar-refractivity contribution >= 4 is 21.4 Å². The molecule has 0 fully saturated rings. The van der Waals surface area contributed by atoms with Crippen LogP contribution in [0.4, 0.5) is 0 Å². The first-order valence-corrected chi connectivity index (χ1v) is 11.8. The van der Waals surface area contributed by atoms with Crippen LogP contribution in [0.1, 0.15) is 51.7 Å². The Bertz CT molecular complexity index is 700. The van der Waals surface area contributed by atoms with Crippen molar-refractivity contribution in [1.82, 2.24) is 0 Å². The minimum atomic E-state index is -4.17. The van der Waals surface area contributed by atoms with Gasteiger partial charge in [0, 0.05) is 0 Å². The Labute approximate surface area is 165 Å². The highest BCUT2D eigenvalue weighted by Crippen LogP contribution is 2.51. The van der Waals surface area contributed by atoms with Gasteiger partial charge in [-0.3, -0.25) is 18.4 Å².